The molecule has 0 bridgehead atoms. The lowest BCUT2D eigenvalue weighted by molar-refractivity contribution is 0.315. The number of benzene rings is 2. The van der Waals surface area contributed by atoms with E-state index in [0.29, 0.717) is 12.2 Å². The maximum absolute atomic E-state index is 13.6. The quantitative estimate of drug-likeness (QED) is 0.895. The van der Waals surface area contributed by atoms with Crippen LogP contribution < -0.4 is 10.5 Å². The van der Waals surface area contributed by atoms with Crippen LogP contribution in [0, 0.1) is 12.7 Å². The van der Waals surface area contributed by atoms with Gasteiger partial charge < -0.3 is 10.5 Å². The Morgan fingerprint density at radius 1 is 1.26 bits per heavy atom. The maximum atomic E-state index is 13.6. The minimum absolute atomic E-state index is 0.0818. The average Bonchev–Trinajstić information content (AvgIpc) is 2.85. The van der Waals surface area contributed by atoms with Gasteiger partial charge in [0.15, 0.2) is 0 Å². The maximum Gasteiger partial charge on any atom is 0.126 e. The van der Waals surface area contributed by atoms with Crippen molar-refractivity contribution in [3.63, 3.8) is 0 Å². The summed E-state index contributed by atoms with van der Waals surface area (Å²) in [4.78, 5) is 0. The van der Waals surface area contributed by atoms with Crippen molar-refractivity contribution in [1.29, 1.82) is 0 Å². The van der Waals surface area contributed by atoms with Gasteiger partial charge in [0.2, 0.25) is 0 Å². The van der Waals surface area contributed by atoms with Crippen LogP contribution in [0.4, 0.5) is 4.39 Å². The molecule has 0 radical (unpaired) electrons. The summed E-state index contributed by atoms with van der Waals surface area (Å²) in [7, 11) is 0. The predicted octanol–water partition coefficient (Wildman–Crippen LogP) is 3.31. The first-order valence-corrected chi connectivity index (χ1v) is 6.40. The summed E-state index contributed by atoms with van der Waals surface area (Å²) in [6.45, 7) is 2.30. The largest absolute Gasteiger partial charge is 0.493 e. The number of nitrogens with two attached hydrogens (primary N) is 1. The normalized spacial score (nSPS) is 18.8. The Labute approximate surface area is 112 Å². The third kappa shape index (κ3) is 2.10. The molecule has 2 aromatic rings. The second-order valence-corrected chi connectivity index (χ2v) is 4.99. The third-order valence-electron chi connectivity index (χ3n) is 3.75. The van der Waals surface area contributed by atoms with Crippen molar-refractivity contribution in [2.45, 2.75) is 18.9 Å². The zero-order valence-corrected chi connectivity index (χ0v) is 10.8. The van der Waals surface area contributed by atoms with Gasteiger partial charge in [-0.1, -0.05) is 30.3 Å². The van der Waals surface area contributed by atoms with Crippen molar-refractivity contribution in [2.75, 3.05) is 6.61 Å². The van der Waals surface area contributed by atoms with E-state index < -0.39 is 0 Å². The van der Waals surface area contributed by atoms with Crippen LogP contribution in [0.25, 0.3) is 0 Å². The zero-order chi connectivity index (χ0) is 13.4. The number of para-hydroxylation sites is 1. The van der Waals surface area contributed by atoms with Gasteiger partial charge in [-0.05, 0) is 30.2 Å². The molecular formula is C16H16FNO. The van der Waals surface area contributed by atoms with E-state index >= 15 is 0 Å². The first-order valence-electron chi connectivity index (χ1n) is 6.40. The molecule has 0 aromatic heterocycles. The molecule has 2 unspecified atom stereocenters. The summed E-state index contributed by atoms with van der Waals surface area (Å²) in [6, 6.07) is 12.8. The molecular weight excluding hydrogens is 241 g/mol. The Morgan fingerprint density at radius 3 is 2.84 bits per heavy atom. The number of fused-ring (bicyclic) bond motifs is 1. The van der Waals surface area contributed by atoms with E-state index in [9.17, 15) is 4.39 Å². The SMILES string of the molecule is Cc1ccc(C(N)C2COc3ccccc32)cc1F. The monoisotopic (exact) mass is 257 g/mol. The molecule has 0 saturated heterocycles. The average molecular weight is 257 g/mol. The van der Waals surface area contributed by atoms with Crippen molar-refractivity contribution in [3.8, 4) is 5.75 Å². The van der Waals surface area contributed by atoms with E-state index in [2.05, 4.69) is 0 Å². The fraction of sp³-hybridized carbons (Fsp3) is 0.250. The van der Waals surface area contributed by atoms with Crippen LogP contribution in [-0.4, -0.2) is 6.61 Å². The van der Waals surface area contributed by atoms with E-state index in [-0.39, 0.29) is 17.8 Å². The molecule has 1 aliphatic heterocycles. The van der Waals surface area contributed by atoms with E-state index in [1.54, 1.807) is 13.0 Å². The van der Waals surface area contributed by atoms with Crippen molar-refractivity contribution in [1.82, 2.24) is 0 Å². The van der Waals surface area contributed by atoms with Gasteiger partial charge in [0.1, 0.15) is 11.6 Å². The summed E-state index contributed by atoms with van der Waals surface area (Å²) in [5.74, 6) is 0.758. The van der Waals surface area contributed by atoms with Crippen molar-refractivity contribution < 1.29 is 9.13 Å². The molecule has 0 amide bonds. The number of hydrogen-bond donors (Lipinski definition) is 1. The van der Waals surface area contributed by atoms with Crippen LogP contribution in [0.3, 0.4) is 0 Å². The van der Waals surface area contributed by atoms with Crippen LogP contribution in [0.5, 0.6) is 5.75 Å². The minimum atomic E-state index is -0.251. The number of ether oxygens (including phenoxy) is 1. The smallest absolute Gasteiger partial charge is 0.126 e. The molecule has 0 aliphatic carbocycles. The van der Waals surface area contributed by atoms with Crippen molar-refractivity contribution in [2.24, 2.45) is 5.73 Å². The van der Waals surface area contributed by atoms with Gasteiger partial charge in [0.25, 0.3) is 0 Å². The fourth-order valence-corrected chi connectivity index (χ4v) is 2.53. The highest BCUT2D eigenvalue weighted by Gasteiger charge is 2.30. The summed E-state index contributed by atoms with van der Waals surface area (Å²) in [5, 5.41) is 0. The number of aryl methyl sites for hydroxylation is 1. The number of hydrogen-bond acceptors (Lipinski definition) is 2. The fourth-order valence-electron chi connectivity index (χ4n) is 2.53. The Balaban J connectivity index is 1.93. The van der Waals surface area contributed by atoms with Gasteiger partial charge in [0, 0.05) is 17.5 Å². The zero-order valence-electron chi connectivity index (χ0n) is 10.8. The lowest BCUT2D eigenvalue weighted by Crippen LogP contribution is -2.21. The molecule has 1 heterocycles. The molecule has 0 spiro atoms. The lowest BCUT2D eigenvalue weighted by Gasteiger charge is -2.19. The van der Waals surface area contributed by atoms with Crippen LogP contribution in [0.2, 0.25) is 0 Å². The molecule has 0 saturated carbocycles. The Morgan fingerprint density at radius 2 is 2.05 bits per heavy atom. The Kier molecular flexibility index (Phi) is 2.99. The second kappa shape index (κ2) is 4.67. The van der Waals surface area contributed by atoms with E-state index in [1.807, 2.05) is 30.3 Å². The Bertz CT molecular complexity index is 611. The standard InChI is InChI=1S/C16H16FNO/c1-10-6-7-11(8-14(10)17)16(18)13-9-19-15-5-3-2-4-12(13)15/h2-8,13,16H,9,18H2,1H3. The molecule has 19 heavy (non-hydrogen) atoms. The number of rotatable bonds is 2. The third-order valence-corrected chi connectivity index (χ3v) is 3.75. The van der Waals surface area contributed by atoms with Crippen molar-refractivity contribution >= 4 is 0 Å². The van der Waals surface area contributed by atoms with Crippen LogP contribution in [0.15, 0.2) is 42.5 Å². The molecule has 2 aromatic carbocycles. The van der Waals surface area contributed by atoms with Crippen LogP contribution in [-0.2, 0) is 0 Å². The topological polar surface area (TPSA) is 35.2 Å². The first kappa shape index (κ1) is 12.2. The molecule has 98 valence electrons. The van der Waals surface area contributed by atoms with E-state index in [4.69, 9.17) is 10.5 Å². The highest BCUT2D eigenvalue weighted by molar-refractivity contribution is 5.42. The predicted molar refractivity (Wildman–Crippen MR) is 72.7 cm³/mol. The van der Waals surface area contributed by atoms with Gasteiger partial charge in [-0.15, -0.1) is 0 Å². The molecule has 2 nitrogen and oxygen atoms in total. The molecule has 2 atom stereocenters. The van der Waals surface area contributed by atoms with Crippen LogP contribution in [0.1, 0.15) is 28.7 Å². The lowest BCUT2D eigenvalue weighted by atomic mass is 9.89. The Hall–Kier alpha value is -1.87. The summed E-state index contributed by atoms with van der Waals surface area (Å²) in [6.07, 6.45) is 0. The highest BCUT2D eigenvalue weighted by Crippen LogP contribution is 2.40. The molecule has 2 N–H and O–H groups in total. The van der Waals surface area contributed by atoms with E-state index in [1.165, 1.54) is 6.07 Å². The van der Waals surface area contributed by atoms with Gasteiger partial charge in [-0.2, -0.15) is 0 Å². The highest BCUT2D eigenvalue weighted by atomic mass is 19.1. The second-order valence-electron chi connectivity index (χ2n) is 4.99. The van der Waals surface area contributed by atoms with Gasteiger partial charge in [0.05, 0.1) is 6.61 Å². The first-order chi connectivity index (χ1) is 9.16. The summed E-state index contributed by atoms with van der Waals surface area (Å²) in [5.41, 5.74) is 8.85. The summed E-state index contributed by atoms with van der Waals surface area (Å²) >= 11 is 0. The molecule has 0 fully saturated rings. The minimum Gasteiger partial charge on any atom is -0.493 e. The van der Waals surface area contributed by atoms with Gasteiger partial charge >= 0.3 is 0 Å². The molecule has 1 aliphatic rings. The van der Waals surface area contributed by atoms with Crippen molar-refractivity contribution in [3.05, 3.63) is 65.0 Å². The molecule has 3 heteroatoms. The van der Waals surface area contributed by atoms with Gasteiger partial charge in [-0.3, -0.25) is 0 Å². The van der Waals surface area contributed by atoms with Gasteiger partial charge in [-0.25, -0.2) is 4.39 Å². The molecule has 3 rings (SSSR count). The summed E-state index contributed by atoms with van der Waals surface area (Å²) < 4.78 is 19.3. The number of halogens is 1. The van der Waals surface area contributed by atoms with Crippen LogP contribution >= 0.6 is 0 Å². The van der Waals surface area contributed by atoms with E-state index in [0.717, 1.165) is 16.9 Å².